The van der Waals surface area contributed by atoms with Gasteiger partial charge in [0.15, 0.2) is 0 Å². The van der Waals surface area contributed by atoms with E-state index in [9.17, 15) is 9.59 Å². The Morgan fingerprint density at radius 1 is 1.61 bits per heavy atom. The van der Waals surface area contributed by atoms with Gasteiger partial charge in [0, 0.05) is 29.8 Å². The highest BCUT2D eigenvalue weighted by molar-refractivity contribution is 7.99. The molecule has 1 rings (SSSR count). The zero-order valence-corrected chi connectivity index (χ0v) is 12.4. The van der Waals surface area contributed by atoms with Crippen LogP contribution in [0.1, 0.15) is 13.8 Å². The molecule has 1 aliphatic heterocycles. The molecule has 18 heavy (non-hydrogen) atoms. The molecule has 2 N–H and O–H groups in total. The smallest absolute Gasteiger partial charge is 0.327 e. The summed E-state index contributed by atoms with van der Waals surface area (Å²) in [6.45, 7) is 4.51. The van der Waals surface area contributed by atoms with Gasteiger partial charge in [-0.2, -0.15) is 23.5 Å². The zero-order valence-electron chi connectivity index (χ0n) is 10.7. The Kier molecular flexibility index (Phi) is 6.70. The summed E-state index contributed by atoms with van der Waals surface area (Å²) in [5.74, 6) is 2.21. The summed E-state index contributed by atoms with van der Waals surface area (Å²) >= 11 is 3.34. The van der Waals surface area contributed by atoms with Crippen LogP contribution >= 0.6 is 23.5 Å². The largest absolute Gasteiger partial charge is 0.480 e. The summed E-state index contributed by atoms with van der Waals surface area (Å²) in [6.07, 6.45) is 0. The van der Waals surface area contributed by atoms with Gasteiger partial charge in [0.05, 0.1) is 0 Å². The second-order valence-corrected chi connectivity index (χ2v) is 6.60. The van der Waals surface area contributed by atoms with Crippen molar-refractivity contribution in [3.05, 3.63) is 0 Å². The minimum absolute atomic E-state index is 0.0616. The van der Waals surface area contributed by atoms with Gasteiger partial charge < -0.3 is 15.3 Å². The van der Waals surface area contributed by atoms with Crippen LogP contribution in [0.25, 0.3) is 0 Å². The highest BCUT2D eigenvalue weighted by atomic mass is 32.2. The molecule has 0 aromatic heterocycles. The predicted molar refractivity (Wildman–Crippen MR) is 76.4 cm³/mol. The van der Waals surface area contributed by atoms with E-state index in [1.54, 1.807) is 23.5 Å². The standard InChI is InChI=1S/C11H20N2O3S2/c1-3-17-6-8(2)12-11(16)13-4-5-18-7-9(13)10(14)15/h8-9H,3-7H2,1-2H3,(H,12,16)(H,14,15). The predicted octanol–water partition coefficient (Wildman–Crippen LogP) is 1.34. The number of thioether (sulfide) groups is 2. The number of amides is 2. The lowest BCUT2D eigenvalue weighted by Gasteiger charge is -2.33. The molecule has 7 heteroatoms. The fourth-order valence-electron chi connectivity index (χ4n) is 1.68. The van der Waals surface area contributed by atoms with E-state index in [0.717, 1.165) is 17.3 Å². The average molecular weight is 292 g/mol. The summed E-state index contributed by atoms with van der Waals surface area (Å²) in [7, 11) is 0. The third-order valence-electron chi connectivity index (χ3n) is 2.62. The number of aliphatic carboxylic acids is 1. The number of carboxylic acids is 1. The topological polar surface area (TPSA) is 69.6 Å². The number of carbonyl (C=O) groups is 2. The summed E-state index contributed by atoms with van der Waals surface area (Å²) in [5, 5.41) is 12.0. The van der Waals surface area contributed by atoms with E-state index in [1.165, 1.54) is 4.90 Å². The van der Waals surface area contributed by atoms with Crippen LogP contribution in [-0.2, 0) is 4.79 Å². The first-order valence-corrected chi connectivity index (χ1v) is 8.32. The average Bonchev–Trinajstić information content (AvgIpc) is 2.36. The van der Waals surface area contributed by atoms with Crippen molar-refractivity contribution in [2.24, 2.45) is 0 Å². The Hall–Kier alpha value is -0.560. The number of hydrogen-bond acceptors (Lipinski definition) is 4. The number of nitrogens with zero attached hydrogens (tertiary/aromatic N) is 1. The van der Waals surface area contributed by atoms with E-state index in [0.29, 0.717) is 12.3 Å². The number of urea groups is 1. The summed E-state index contributed by atoms with van der Waals surface area (Å²) < 4.78 is 0. The third-order valence-corrected chi connectivity index (χ3v) is 4.78. The second-order valence-electron chi connectivity index (χ2n) is 4.13. The molecule has 0 bridgehead atoms. The Balaban J connectivity index is 2.50. The molecule has 0 spiro atoms. The van der Waals surface area contributed by atoms with E-state index < -0.39 is 12.0 Å². The van der Waals surface area contributed by atoms with Crippen molar-refractivity contribution in [3.8, 4) is 0 Å². The van der Waals surface area contributed by atoms with Gasteiger partial charge in [0.25, 0.3) is 0 Å². The molecule has 2 atom stereocenters. The second kappa shape index (κ2) is 7.78. The number of carbonyl (C=O) groups excluding carboxylic acids is 1. The fraction of sp³-hybridized carbons (Fsp3) is 0.818. The number of hydrogen-bond donors (Lipinski definition) is 2. The van der Waals surface area contributed by atoms with Crippen LogP contribution in [0, 0.1) is 0 Å². The molecule has 0 radical (unpaired) electrons. The molecule has 2 unspecified atom stereocenters. The van der Waals surface area contributed by atoms with Gasteiger partial charge in [-0.3, -0.25) is 0 Å². The highest BCUT2D eigenvalue weighted by Crippen LogP contribution is 2.17. The van der Waals surface area contributed by atoms with Crippen molar-refractivity contribution in [2.45, 2.75) is 25.9 Å². The Morgan fingerprint density at radius 2 is 2.33 bits per heavy atom. The van der Waals surface area contributed by atoms with Crippen LogP contribution in [-0.4, -0.2) is 63.6 Å². The van der Waals surface area contributed by atoms with Crippen LogP contribution in [0.4, 0.5) is 4.79 Å². The maximum atomic E-state index is 12.0. The van der Waals surface area contributed by atoms with Gasteiger partial charge in [0.2, 0.25) is 0 Å². The van der Waals surface area contributed by atoms with Crippen molar-refractivity contribution in [3.63, 3.8) is 0 Å². The van der Waals surface area contributed by atoms with Crippen molar-refractivity contribution in [1.29, 1.82) is 0 Å². The molecule has 2 amide bonds. The first-order chi connectivity index (χ1) is 8.56. The maximum Gasteiger partial charge on any atom is 0.327 e. The molecule has 1 fully saturated rings. The molecule has 104 valence electrons. The lowest BCUT2D eigenvalue weighted by atomic mass is 10.3. The van der Waals surface area contributed by atoms with Gasteiger partial charge in [-0.15, -0.1) is 0 Å². The van der Waals surface area contributed by atoms with Crippen LogP contribution in [0.15, 0.2) is 0 Å². The third kappa shape index (κ3) is 4.61. The highest BCUT2D eigenvalue weighted by Gasteiger charge is 2.32. The molecule has 0 aromatic rings. The zero-order chi connectivity index (χ0) is 13.5. The van der Waals surface area contributed by atoms with Crippen LogP contribution < -0.4 is 5.32 Å². The molecule has 1 saturated heterocycles. The molecule has 5 nitrogen and oxygen atoms in total. The van der Waals surface area contributed by atoms with Gasteiger partial charge >= 0.3 is 12.0 Å². The summed E-state index contributed by atoms with van der Waals surface area (Å²) in [5.41, 5.74) is 0. The maximum absolute atomic E-state index is 12.0. The molecule has 1 aliphatic rings. The van der Waals surface area contributed by atoms with Crippen molar-refractivity contribution >= 4 is 35.5 Å². The van der Waals surface area contributed by atoms with Crippen molar-refractivity contribution < 1.29 is 14.7 Å². The Labute approximate surface area is 116 Å². The Bertz CT molecular complexity index is 302. The van der Waals surface area contributed by atoms with Gasteiger partial charge in [-0.1, -0.05) is 6.92 Å². The van der Waals surface area contributed by atoms with E-state index in [2.05, 4.69) is 12.2 Å². The normalized spacial score (nSPS) is 21.4. The monoisotopic (exact) mass is 292 g/mol. The van der Waals surface area contributed by atoms with Crippen molar-refractivity contribution in [1.82, 2.24) is 10.2 Å². The van der Waals surface area contributed by atoms with Gasteiger partial charge in [0.1, 0.15) is 6.04 Å². The molecule has 1 heterocycles. The van der Waals surface area contributed by atoms with Crippen LogP contribution in [0.2, 0.25) is 0 Å². The van der Waals surface area contributed by atoms with E-state index in [4.69, 9.17) is 5.11 Å². The first-order valence-electron chi connectivity index (χ1n) is 6.01. The fourth-order valence-corrected chi connectivity index (χ4v) is 3.39. The van der Waals surface area contributed by atoms with E-state index in [-0.39, 0.29) is 12.1 Å². The lowest BCUT2D eigenvalue weighted by molar-refractivity contribution is -0.141. The van der Waals surface area contributed by atoms with Gasteiger partial charge in [-0.25, -0.2) is 9.59 Å². The van der Waals surface area contributed by atoms with Crippen LogP contribution in [0.3, 0.4) is 0 Å². The number of carboxylic acid groups (broad SMARTS) is 1. The van der Waals surface area contributed by atoms with Crippen LogP contribution in [0.5, 0.6) is 0 Å². The minimum atomic E-state index is -0.923. The Morgan fingerprint density at radius 3 is 2.94 bits per heavy atom. The van der Waals surface area contributed by atoms with E-state index in [1.807, 2.05) is 6.92 Å². The molecular formula is C11H20N2O3S2. The molecular weight excluding hydrogens is 272 g/mol. The number of rotatable bonds is 5. The van der Waals surface area contributed by atoms with Crippen molar-refractivity contribution in [2.75, 3.05) is 29.6 Å². The molecule has 0 aromatic carbocycles. The number of nitrogens with one attached hydrogen (secondary N) is 1. The lowest BCUT2D eigenvalue weighted by Crippen LogP contribution is -2.55. The minimum Gasteiger partial charge on any atom is -0.480 e. The summed E-state index contributed by atoms with van der Waals surface area (Å²) in [6, 6.07) is -0.895. The molecule has 0 aliphatic carbocycles. The SMILES string of the molecule is CCSCC(C)NC(=O)N1CCSCC1C(=O)O. The quantitative estimate of drug-likeness (QED) is 0.800. The summed E-state index contributed by atoms with van der Waals surface area (Å²) in [4.78, 5) is 24.5. The van der Waals surface area contributed by atoms with E-state index >= 15 is 0 Å². The first kappa shape index (κ1) is 15.5. The van der Waals surface area contributed by atoms with Gasteiger partial charge in [-0.05, 0) is 12.7 Å². The molecule has 0 saturated carbocycles.